The third-order valence-corrected chi connectivity index (χ3v) is 4.28. The molecule has 2 aliphatic rings. The van der Waals surface area contributed by atoms with Crippen molar-refractivity contribution in [3.8, 4) is 0 Å². The first kappa shape index (κ1) is 12.1. The van der Waals surface area contributed by atoms with Crippen molar-refractivity contribution in [3.05, 3.63) is 0 Å². The molecule has 2 fully saturated rings. The third kappa shape index (κ3) is 3.58. The summed E-state index contributed by atoms with van der Waals surface area (Å²) in [5, 5.41) is 3.33. The second-order valence-corrected chi connectivity index (χ2v) is 5.55. The van der Waals surface area contributed by atoms with Crippen LogP contribution in [0.15, 0.2) is 0 Å². The number of carbonyl (C=O) groups is 1. The van der Waals surface area contributed by atoms with Crippen molar-refractivity contribution in [3.63, 3.8) is 0 Å². The highest BCUT2D eigenvalue weighted by Gasteiger charge is 2.22. The Hall–Kier alpha value is -0.370. The molecule has 1 unspecified atom stereocenters. The molecule has 1 aliphatic heterocycles. The number of carbonyl (C=O) groups excluding carboxylic acids is 1. The number of nitrogens with one attached hydrogen (secondary N) is 1. The predicted octanol–water partition coefficient (Wildman–Crippen LogP) is 2.92. The summed E-state index contributed by atoms with van der Waals surface area (Å²) in [4.78, 5) is 12.0. The summed E-state index contributed by atoms with van der Waals surface area (Å²) < 4.78 is 0. The van der Waals surface area contributed by atoms with Crippen LogP contribution >= 0.6 is 0 Å². The summed E-state index contributed by atoms with van der Waals surface area (Å²) in [6.45, 7) is 2.04. The van der Waals surface area contributed by atoms with Crippen LogP contribution in [0.3, 0.4) is 0 Å². The summed E-state index contributed by atoms with van der Waals surface area (Å²) >= 11 is 0. The van der Waals surface area contributed by atoms with Gasteiger partial charge < -0.3 is 5.32 Å². The van der Waals surface area contributed by atoms with Gasteiger partial charge in [-0.2, -0.15) is 0 Å². The van der Waals surface area contributed by atoms with E-state index in [0.29, 0.717) is 11.7 Å². The summed E-state index contributed by atoms with van der Waals surface area (Å²) in [6.07, 6.45) is 11.2. The normalized spacial score (nSPS) is 27.9. The molecule has 0 aromatic heterocycles. The molecule has 0 aromatic carbocycles. The SMILES string of the molecule is O=C(CCC1CCCCC1)C1CCCNC1. The molecule has 2 rings (SSSR count). The van der Waals surface area contributed by atoms with Crippen molar-refractivity contribution in [2.24, 2.45) is 11.8 Å². The highest BCUT2D eigenvalue weighted by molar-refractivity contribution is 5.81. The molecule has 1 saturated carbocycles. The second kappa shape index (κ2) is 6.39. The van der Waals surface area contributed by atoms with E-state index in [0.717, 1.165) is 38.3 Å². The molecule has 1 atom stereocenters. The van der Waals surface area contributed by atoms with Gasteiger partial charge in [0.1, 0.15) is 5.78 Å². The molecule has 1 aliphatic carbocycles. The lowest BCUT2D eigenvalue weighted by Gasteiger charge is -2.24. The number of piperidine rings is 1. The highest BCUT2D eigenvalue weighted by Crippen LogP contribution is 2.28. The van der Waals surface area contributed by atoms with E-state index in [1.54, 1.807) is 0 Å². The Morgan fingerprint density at radius 3 is 2.56 bits per heavy atom. The van der Waals surface area contributed by atoms with Gasteiger partial charge in [-0.25, -0.2) is 0 Å². The van der Waals surface area contributed by atoms with Gasteiger partial charge in [0.2, 0.25) is 0 Å². The number of hydrogen-bond donors (Lipinski definition) is 1. The van der Waals surface area contributed by atoms with Crippen LogP contribution in [-0.4, -0.2) is 18.9 Å². The average molecular weight is 223 g/mol. The topological polar surface area (TPSA) is 29.1 Å². The smallest absolute Gasteiger partial charge is 0.137 e. The van der Waals surface area contributed by atoms with Gasteiger partial charge in [0.15, 0.2) is 0 Å². The van der Waals surface area contributed by atoms with Gasteiger partial charge in [-0.05, 0) is 31.7 Å². The maximum absolute atomic E-state index is 12.0. The van der Waals surface area contributed by atoms with Gasteiger partial charge in [0.05, 0.1) is 0 Å². The van der Waals surface area contributed by atoms with Crippen LogP contribution in [0.1, 0.15) is 57.8 Å². The lowest BCUT2D eigenvalue weighted by Crippen LogP contribution is -2.34. The Balaban J connectivity index is 1.65. The zero-order valence-corrected chi connectivity index (χ0v) is 10.3. The number of Topliss-reactive ketones (excluding diaryl/α,β-unsaturated/α-hetero) is 1. The van der Waals surface area contributed by atoms with E-state index in [1.165, 1.54) is 38.5 Å². The Kier molecular flexibility index (Phi) is 4.83. The van der Waals surface area contributed by atoms with Crippen molar-refractivity contribution in [1.29, 1.82) is 0 Å². The summed E-state index contributed by atoms with van der Waals surface area (Å²) in [6, 6.07) is 0. The Morgan fingerprint density at radius 2 is 1.88 bits per heavy atom. The summed E-state index contributed by atoms with van der Waals surface area (Å²) in [7, 11) is 0. The van der Waals surface area contributed by atoms with E-state index >= 15 is 0 Å². The predicted molar refractivity (Wildman–Crippen MR) is 66.4 cm³/mol. The molecule has 0 spiro atoms. The third-order valence-electron chi connectivity index (χ3n) is 4.28. The van der Waals surface area contributed by atoms with Crippen molar-refractivity contribution in [2.75, 3.05) is 13.1 Å². The van der Waals surface area contributed by atoms with E-state index < -0.39 is 0 Å². The zero-order valence-electron chi connectivity index (χ0n) is 10.3. The van der Waals surface area contributed by atoms with Crippen molar-refractivity contribution in [1.82, 2.24) is 5.32 Å². The zero-order chi connectivity index (χ0) is 11.2. The number of hydrogen-bond acceptors (Lipinski definition) is 2. The van der Waals surface area contributed by atoms with Gasteiger partial charge in [-0.3, -0.25) is 4.79 Å². The van der Waals surface area contributed by atoms with Gasteiger partial charge in [-0.1, -0.05) is 32.1 Å². The molecule has 16 heavy (non-hydrogen) atoms. The minimum absolute atomic E-state index is 0.331. The Bertz CT molecular complexity index is 215. The van der Waals surface area contributed by atoms with E-state index in [2.05, 4.69) is 5.32 Å². The molecule has 2 heteroatoms. The molecule has 0 amide bonds. The molecule has 0 aromatic rings. The maximum Gasteiger partial charge on any atom is 0.137 e. The van der Waals surface area contributed by atoms with Crippen LogP contribution in [0, 0.1) is 11.8 Å². The minimum Gasteiger partial charge on any atom is -0.316 e. The molecule has 2 nitrogen and oxygen atoms in total. The maximum atomic E-state index is 12.0. The molecule has 1 N–H and O–H groups in total. The van der Waals surface area contributed by atoms with Crippen LogP contribution in [0.5, 0.6) is 0 Å². The number of rotatable bonds is 4. The van der Waals surface area contributed by atoms with Gasteiger partial charge in [-0.15, -0.1) is 0 Å². The molecule has 0 bridgehead atoms. The molecule has 1 heterocycles. The monoisotopic (exact) mass is 223 g/mol. The molecular weight excluding hydrogens is 198 g/mol. The van der Waals surface area contributed by atoms with Gasteiger partial charge in [0, 0.05) is 18.9 Å². The summed E-state index contributed by atoms with van der Waals surface area (Å²) in [5.74, 6) is 1.71. The summed E-state index contributed by atoms with van der Waals surface area (Å²) in [5.41, 5.74) is 0. The average Bonchev–Trinajstić information content (AvgIpc) is 2.38. The lowest BCUT2D eigenvalue weighted by atomic mass is 9.83. The van der Waals surface area contributed by atoms with Crippen LogP contribution in [-0.2, 0) is 4.79 Å². The number of ketones is 1. The Labute approximate surface area is 99.2 Å². The van der Waals surface area contributed by atoms with Gasteiger partial charge >= 0.3 is 0 Å². The lowest BCUT2D eigenvalue weighted by molar-refractivity contribution is -0.123. The first-order chi connectivity index (χ1) is 7.86. The van der Waals surface area contributed by atoms with Gasteiger partial charge in [0.25, 0.3) is 0 Å². The minimum atomic E-state index is 0.331. The fraction of sp³-hybridized carbons (Fsp3) is 0.929. The quantitative estimate of drug-likeness (QED) is 0.794. The standard InChI is InChI=1S/C14H25NO/c16-14(13-7-4-10-15-11-13)9-8-12-5-2-1-3-6-12/h12-13,15H,1-11H2. The van der Waals surface area contributed by atoms with Crippen LogP contribution in [0.4, 0.5) is 0 Å². The van der Waals surface area contributed by atoms with E-state index in [4.69, 9.17) is 0 Å². The second-order valence-electron chi connectivity index (χ2n) is 5.55. The first-order valence-corrected chi connectivity index (χ1v) is 7.09. The van der Waals surface area contributed by atoms with E-state index in [1.807, 2.05) is 0 Å². The molecular formula is C14H25NO. The van der Waals surface area contributed by atoms with Crippen LogP contribution in [0.25, 0.3) is 0 Å². The van der Waals surface area contributed by atoms with Crippen molar-refractivity contribution >= 4 is 5.78 Å². The van der Waals surface area contributed by atoms with Crippen molar-refractivity contribution in [2.45, 2.75) is 57.8 Å². The molecule has 92 valence electrons. The van der Waals surface area contributed by atoms with Crippen LogP contribution < -0.4 is 5.32 Å². The van der Waals surface area contributed by atoms with Crippen molar-refractivity contribution < 1.29 is 4.79 Å². The fourth-order valence-electron chi connectivity index (χ4n) is 3.15. The first-order valence-electron chi connectivity index (χ1n) is 7.09. The fourth-order valence-corrected chi connectivity index (χ4v) is 3.15. The largest absolute Gasteiger partial charge is 0.316 e. The molecule has 0 radical (unpaired) electrons. The molecule has 1 saturated heterocycles. The van der Waals surface area contributed by atoms with E-state index in [9.17, 15) is 4.79 Å². The Morgan fingerprint density at radius 1 is 1.06 bits per heavy atom. The highest BCUT2D eigenvalue weighted by atomic mass is 16.1. The van der Waals surface area contributed by atoms with E-state index in [-0.39, 0.29) is 0 Å². The van der Waals surface area contributed by atoms with Crippen LogP contribution in [0.2, 0.25) is 0 Å².